The largest absolute Gasteiger partial charge is 1.00 e. The Labute approximate surface area is 514 Å². The summed E-state index contributed by atoms with van der Waals surface area (Å²) in [5, 5.41) is 63.1. The van der Waals surface area contributed by atoms with E-state index in [0.717, 1.165) is 0 Å². The molecular weight excluding hydrogens is 667 g/mol. The van der Waals surface area contributed by atoms with Gasteiger partial charge in [-0.25, -0.2) is 0 Å². The van der Waals surface area contributed by atoms with E-state index in [4.69, 9.17) is 80.9 Å². The molecule has 0 saturated carbocycles. The van der Waals surface area contributed by atoms with Gasteiger partial charge in [-0.15, -0.1) is 39.3 Å². The summed E-state index contributed by atoms with van der Waals surface area (Å²) in [7, 11) is 0. The van der Waals surface area contributed by atoms with E-state index in [1.54, 1.807) is 0 Å². The number of nitrogens with zero attached hydrogens (tertiary/aromatic N) is 8. The molecule has 0 aliphatic carbocycles. The first-order valence-corrected chi connectivity index (χ1v) is 3.06. The van der Waals surface area contributed by atoms with Crippen LogP contribution in [-0.2, 0) is 0 Å². The van der Waals surface area contributed by atoms with E-state index in [9.17, 15) is 0 Å². The van der Waals surface area contributed by atoms with Crippen molar-refractivity contribution in [1.82, 2.24) is 0 Å². The number of rotatable bonds is 0. The maximum Gasteiger partial charge on any atom is 1.00 e. The average Bonchev–Trinajstić information content (AvgIpc) is 2.45. The van der Waals surface area contributed by atoms with Crippen molar-refractivity contribution in [1.29, 1.82) is 0 Å². The van der Waals surface area contributed by atoms with Crippen LogP contribution in [0, 0.1) is 39.3 Å². The molecule has 0 amide bonds. The van der Waals surface area contributed by atoms with Crippen molar-refractivity contribution in [2.45, 2.75) is 0 Å². The van der Waals surface area contributed by atoms with Gasteiger partial charge in [0.25, 0.3) is 0 Å². The van der Waals surface area contributed by atoms with E-state index in [1.165, 1.54) is 42.7 Å². The molecule has 0 fully saturated rings. The zero-order valence-electron chi connectivity index (χ0n) is 36.4. The van der Waals surface area contributed by atoms with Crippen molar-refractivity contribution >= 4 is 0 Å². The van der Waals surface area contributed by atoms with Crippen molar-refractivity contribution in [3.05, 3.63) is 39.3 Å². The van der Waals surface area contributed by atoms with Crippen molar-refractivity contribution in [3.63, 3.8) is 0 Å². The van der Waals surface area contributed by atoms with E-state index >= 15 is 0 Å². The first-order chi connectivity index (χ1) is 11.3. The van der Waals surface area contributed by atoms with E-state index in [-0.39, 0.29) is 403 Å². The zero-order chi connectivity index (χ0) is 21.7. The van der Waals surface area contributed by atoms with Crippen molar-refractivity contribution in [2.75, 3.05) is 0 Å². The third-order valence-corrected chi connectivity index (χ3v) is 0. The Morgan fingerprint density at radius 2 is 0.216 bits per heavy atom. The minimum Gasteiger partial charge on any atom is -1.00 e. The minimum atomic E-state index is 0. The molecule has 0 aromatic carbocycles. The van der Waals surface area contributed by atoms with Gasteiger partial charge >= 0.3 is 384 Å². The fraction of sp³-hybridized carbons (Fsp3) is 0. The molecule has 0 rings (SSSR count). The average molecular weight is 688 g/mol. The second-order valence-electron chi connectivity index (χ2n) is 0.653. The SMILES string of the molecule is O=NO.O=NO.O=NO.O=NO.O=NO.O=NO.O=NO.O=NO.[H-].[H-].[H-].[H-].[H-].[H-].[H-].[H-].[H-].[H-].[H-].[H-].[H-].[Na+].[Na+].[Na+].[Na+].[Na+].[Na+].[Na+].[Na+].[Na+].[Na+].[Na+].[Na+].[Na+]. The number of hydrogen-bond donors (Lipinski definition) is 8. The van der Waals surface area contributed by atoms with Gasteiger partial charge < -0.3 is 60.2 Å². The molecule has 37 heteroatoms. The Balaban J connectivity index is -0.00000000170. The van der Waals surface area contributed by atoms with Crippen LogP contribution in [0.3, 0.4) is 0 Å². The minimum absolute atomic E-state index is 0. The predicted molar refractivity (Wildman–Crippen MR) is 75.1 cm³/mol. The Kier molecular flexibility index (Phi) is 1280. The summed E-state index contributed by atoms with van der Waals surface area (Å²) in [6.07, 6.45) is 0. The van der Waals surface area contributed by atoms with E-state index in [1.807, 2.05) is 0 Å². The fourth-order valence-corrected chi connectivity index (χ4v) is 0. The Morgan fingerprint density at radius 1 is 0.216 bits per heavy atom. The summed E-state index contributed by atoms with van der Waals surface area (Å²) in [4.78, 5) is 64.9. The fourth-order valence-electron chi connectivity index (χ4n) is 0. The first-order valence-electron chi connectivity index (χ1n) is 3.06. The van der Waals surface area contributed by atoms with Crippen LogP contribution in [0.25, 0.3) is 0 Å². The molecule has 0 aliphatic rings. The molecule has 0 heterocycles. The van der Waals surface area contributed by atoms with Crippen LogP contribution in [0.4, 0.5) is 0 Å². The molecule has 0 spiro atoms. The zero-order valence-corrected chi connectivity index (χ0v) is 49.4. The maximum absolute atomic E-state index is 8.11. The molecule has 0 atom stereocenters. The van der Waals surface area contributed by atoms with Crippen molar-refractivity contribution in [3.8, 4) is 0 Å². The molecule has 0 aromatic rings. The van der Waals surface area contributed by atoms with Gasteiger partial charge in [0, 0.05) is 0 Å². The van der Waals surface area contributed by atoms with Crippen LogP contribution in [0.1, 0.15) is 18.5 Å². The molecule has 0 saturated heterocycles. The third-order valence-electron chi connectivity index (χ3n) is 0. The maximum atomic E-state index is 8.11. The van der Waals surface area contributed by atoms with Gasteiger partial charge in [0.2, 0.25) is 0 Å². The summed E-state index contributed by atoms with van der Waals surface area (Å²) < 4.78 is 0. The van der Waals surface area contributed by atoms with Gasteiger partial charge in [-0.2, -0.15) is 0 Å². The van der Waals surface area contributed by atoms with Crippen molar-refractivity contribution in [2.24, 2.45) is 42.7 Å². The third kappa shape index (κ3) is 1170. The van der Waals surface area contributed by atoms with E-state index in [0.29, 0.717) is 0 Å². The van der Waals surface area contributed by atoms with Crippen LogP contribution >= 0.6 is 0 Å². The molecule has 0 aliphatic heterocycles. The van der Waals surface area contributed by atoms with E-state index < -0.39 is 0 Å². The summed E-state index contributed by atoms with van der Waals surface area (Å²) in [5.74, 6) is 0. The Morgan fingerprint density at radius 3 is 0.216 bits per heavy atom. The molecular formula is H21N8Na13O16. The van der Waals surface area contributed by atoms with Gasteiger partial charge in [-0.05, 0) is 0 Å². The number of hydrogen-bond acceptors (Lipinski definition) is 16. The monoisotopic (exact) mass is 688 g/mol. The van der Waals surface area contributed by atoms with Crippen LogP contribution in [0.5, 0.6) is 0 Å². The van der Waals surface area contributed by atoms with Crippen LogP contribution in [0.2, 0.25) is 0 Å². The second kappa shape index (κ2) is 314. The van der Waals surface area contributed by atoms with Crippen LogP contribution in [-0.4, -0.2) is 41.7 Å². The molecule has 170 valence electrons. The molecule has 24 nitrogen and oxygen atoms in total. The van der Waals surface area contributed by atoms with Crippen molar-refractivity contribution < 1.29 is 444 Å². The standard InChI is InChI=1S/8HNO2.13Na.13H/c8*2-1-3;;;;;;;;;;;;;;;;;;;;;;;;;;/h8*(H,2,3);;;;;;;;;;;;;;;;;;;;;;;;;;/q;;;;;;;;13*+1;13*-1. The van der Waals surface area contributed by atoms with Crippen LogP contribution in [0.15, 0.2) is 42.7 Å². The Hall–Kier alpha value is 8.20. The van der Waals surface area contributed by atoms with Gasteiger partial charge in [0.05, 0.1) is 0 Å². The first kappa shape index (κ1) is 151. The summed E-state index contributed by atoms with van der Waals surface area (Å²) >= 11 is 0. The van der Waals surface area contributed by atoms with Gasteiger partial charge in [0.1, 0.15) is 0 Å². The Bertz CT molecular complexity index is 230. The summed E-state index contributed by atoms with van der Waals surface area (Å²) in [6, 6.07) is 0. The smallest absolute Gasteiger partial charge is 1.00 e. The predicted octanol–water partition coefficient (Wildman–Crippen LogP) is -36.3. The molecule has 0 aromatic heterocycles. The second-order valence-corrected chi connectivity index (χ2v) is 0.653. The molecule has 0 bridgehead atoms. The molecule has 8 N–H and O–H groups in total. The molecule has 0 unspecified atom stereocenters. The van der Waals surface area contributed by atoms with E-state index in [2.05, 4.69) is 0 Å². The van der Waals surface area contributed by atoms with Crippen LogP contribution < -0.4 is 384 Å². The topological polar surface area (TPSA) is 397 Å². The van der Waals surface area contributed by atoms with Gasteiger partial charge in [-0.3, -0.25) is 0 Å². The normalized spacial score (nSPS) is 2.59. The van der Waals surface area contributed by atoms with Gasteiger partial charge in [-0.1, -0.05) is 0 Å². The summed E-state index contributed by atoms with van der Waals surface area (Å²) in [6.45, 7) is 0. The molecule has 37 heavy (non-hydrogen) atoms. The quantitative estimate of drug-likeness (QED) is 0.0665. The molecule has 0 radical (unpaired) electrons. The summed E-state index contributed by atoms with van der Waals surface area (Å²) in [5.41, 5.74) is 0. The van der Waals surface area contributed by atoms with Gasteiger partial charge in [0.15, 0.2) is 42.7 Å².